The molecule has 1 aliphatic heterocycles. The third-order valence-electron chi connectivity index (χ3n) is 7.03. The zero-order chi connectivity index (χ0) is 22.6. The molecule has 2 aliphatic rings. The van der Waals surface area contributed by atoms with Crippen LogP contribution < -0.4 is 4.48 Å². The summed E-state index contributed by atoms with van der Waals surface area (Å²) in [4.78, 5) is 28.5. The van der Waals surface area contributed by atoms with Gasteiger partial charge in [-0.15, -0.1) is 0 Å². The molecular formula is C26H32BrN2O2+. The number of rotatable bonds is 3. The van der Waals surface area contributed by atoms with Gasteiger partial charge >= 0.3 is 5.91 Å². The molecule has 2 unspecified atom stereocenters. The van der Waals surface area contributed by atoms with Crippen LogP contribution in [0.25, 0.3) is 0 Å². The zero-order valence-corrected chi connectivity index (χ0v) is 20.7. The van der Waals surface area contributed by atoms with Gasteiger partial charge in [0.25, 0.3) is 5.91 Å². The molecule has 1 aliphatic carbocycles. The maximum Gasteiger partial charge on any atom is 0.350 e. The average molecular weight is 484 g/mol. The molecule has 2 aromatic rings. The van der Waals surface area contributed by atoms with Crippen LogP contribution in [0.2, 0.25) is 0 Å². The number of carbonyl (C=O) groups excluding carboxylic acids is 2. The number of halogens is 1. The van der Waals surface area contributed by atoms with E-state index in [4.69, 9.17) is 0 Å². The first-order valence-corrected chi connectivity index (χ1v) is 11.8. The van der Waals surface area contributed by atoms with Gasteiger partial charge in [0, 0.05) is 34.8 Å². The number of fused-ring (bicyclic) bond motifs is 2. The van der Waals surface area contributed by atoms with Crippen LogP contribution in [0, 0.1) is 10.8 Å². The Morgan fingerprint density at radius 1 is 0.935 bits per heavy atom. The lowest BCUT2D eigenvalue weighted by Crippen LogP contribution is -2.46. The highest BCUT2D eigenvalue weighted by molar-refractivity contribution is 9.10. The molecule has 164 valence electrons. The Bertz CT molecular complexity index is 1010. The number of likely N-dealkylation sites (tertiary alicyclic amines) is 1. The Kier molecular flexibility index (Phi) is 5.42. The molecule has 0 spiro atoms. The van der Waals surface area contributed by atoms with E-state index in [1.54, 1.807) is 0 Å². The van der Waals surface area contributed by atoms with Crippen molar-refractivity contribution in [3.63, 3.8) is 0 Å². The molecule has 2 aromatic carbocycles. The normalized spacial score (nSPS) is 24.8. The highest BCUT2D eigenvalue weighted by Gasteiger charge is 2.51. The van der Waals surface area contributed by atoms with E-state index in [0.29, 0.717) is 17.2 Å². The van der Waals surface area contributed by atoms with Gasteiger partial charge in [-0.2, -0.15) is 0 Å². The van der Waals surface area contributed by atoms with Crippen molar-refractivity contribution >= 4 is 33.4 Å². The van der Waals surface area contributed by atoms with Gasteiger partial charge in [-0.3, -0.25) is 4.79 Å². The van der Waals surface area contributed by atoms with Crippen molar-refractivity contribution in [3.8, 4) is 0 Å². The summed E-state index contributed by atoms with van der Waals surface area (Å²) in [5, 5.41) is 0. The van der Waals surface area contributed by atoms with Crippen LogP contribution in [0.4, 0.5) is 5.69 Å². The fraction of sp³-hybridized carbons (Fsp3) is 0.462. The van der Waals surface area contributed by atoms with Crippen LogP contribution in [0.5, 0.6) is 0 Å². The summed E-state index contributed by atoms with van der Waals surface area (Å²) >= 11 is 3.41. The molecule has 4 rings (SSSR count). The number of quaternary nitrogens is 1. The van der Waals surface area contributed by atoms with Gasteiger partial charge < -0.3 is 4.90 Å². The van der Waals surface area contributed by atoms with Gasteiger partial charge in [-0.05, 0) is 66.5 Å². The average Bonchev–Trinajstić information content (AvgIpc) is 2.96. The number of benzene rings is 2. The van der Waals surface area contributed by atoms with Crippen molar-refractivity contribution in [2.24, 2.45) is 10.8 Å². The monoisotopic (exact) mass is 483 g/mol. The number of nitrogens with zero attached hydrogens (tertiary/aromatic N) is 2. The third kappa shape index (κ3) is 4.22. The molecule has 2 amide bonds. The lowest BCUT2D eigenvalue weighted by Gasteiger charge is -2.39. The molecular weight excluding hydrogens is 452 g/mol. The summed E-state index contributed by atoms with van der Waals surface area (Å²) in [7, 11) is 3.77. The van der Waals surface area contributed by atoms with Crippen molar-refractivity contribution in [1.82, 2.24) is 9.38 Å². The minimum atomic E-state index is 0.00933. The Morgan fingerprint density at radius 2 is 1.52 bits per heavy atom. The Balaban J connectivity index is 1.53. The molecule has 2 bridgehead atoms. The predicted octanol–water partition coefficient (Wildman–Crippen LogP) is 5.90. The van der Waals surface area contributed by atoms with Gasteiger partial charge in [0.2, 0.25) is 0 Å². The molecule has 2 atom stereocenters. The second-order valence-corrected chi connectivity index (χ2v) is 11.9. The molecule has 1 heterocycles. The Morgan fingerprint density at radius 3 is 2.13 bits per heavy atom. The smallest absolute Gasteiger partial charge is 0.335 e. The predicted molar refractivity (Wildman–Crippen MR) is 129 cm³/mol. The largest absolute Gasteiger partial charge is 0.350 e. The first-order valence-electron chi connectivity index (χ1n) is 11.0. The highest BCUT2D eigenvalue weighted by Crippen LogP contribution is 2.52. The minimum absolute atomic E-state index is 0.00933. The van der Waals surface area contributed by atoms with Crippen molar-refractivity contribution < 1.29 is 9.59 Å². The molecule has 2 fully saturated rings. The Hall–Kier alpha value is -1.98. The second kappa shape index (κ2) is 7.56. The summed E-state index contributed by atoms with van der Waals surface area (Å²) < 4.78 is 1.04. The van der Waals surface area contributed by atoms with Crippen LogP contribution in [0.15, 0.2) is 53.0 Å². The standard InChI is InChI=1S/C26H32BrN2O2/c1-25(2)14-21-15-26(3,16-25)17-28(21)23(30)18-8-12-22(13-9-18)29(4,5)24(31)19-6-10-20(27)11-7-19/h6-13,21H,14-17H2,1-5H3/q+1. The molecule has 1 saturated carbocycles. The molecule has 0 N–H and O–H groups in total. The first kappa shape index (κ1) is 22.2. The van der Waals surface area contributed by atoms with Crippen molar-refractivity contribution in [3.05, 3.63) is 64.1 Å². The van der Waals surface area contributed by atoms with Crippen LogP contribution in [0.1, 0.15) is 60.7 Å². The summed E-state index contributed by atoms with van der Waals surface area (Å²) in [6.45, 7) is 7.81. The molecule has 0 radical (unpaired) electrons. The van der Waals surface area contributed by atoms with E-state index in [-0.39, 0.29) is 27.1 Å². The topological polar surface area (TPSA) is 37.4 Å². The van der Waals surface area contributed by atoms with Crippen molar-refractivity contribution in [1.29, 1.82) is 0 Å². The minimum Gasteiger partial charge on any atom is -0.335 e. The highest BCUT2D eigenvalue weighted by atomic mass is 79.9. The van der Waals surface area contributed by atoms with E-state index >= 15 is 0 Å². The van der Waals surface area contributed by atoms with E-state index < -0.39 is 0 Å². The van der Waals surface area contributed by atoms with E-state index in [0.717, 1.165) is 29.5 Å². The van der Waals surface area contributed by atoms with E-state index in [9.17, 15) is 9.59 Å². The SMILES string of the molecule is CC1(C)CC2CC(C)(CN2C(=O)c2ccc([N+](C)(C)C(=O)c3ccc(Br)cc3)cc2)C1. The van der Waals surface area contributed by atoms with Crippen LogP contribution in [-0.4, -0.2) is 43.4 Å². The first-order chi connectivity index (χ1) is 14.4. The van der Waals surface area contributed by atoms with Gasteiger partial charge in [-0.1, -0.05) is 36.7 Å². The number of amides is 2. The van der Waals surface area contributed by atoms with E-state index in [1.165, 1.54) is 6.42 Å². The van der Waals surface area contributed by atoms with Crippen molar-refractivity contribution in [2.75, 3.05) is 20.6 Å². The van der Waals surface area contributed by atoms with Crippen LogP contribution in [0.3, 0.4) is 0 Å². The zero-order valence-electron chi connectivity index (χ0n) is 19.1. The fourth-order valence-electron chi connectivity index (χ4n) is 5.87. The van der Waals surface area contributed by atoms with Crippen molar-refractivity contribution in [2.45, 2.75) is 46.1 Å². The second-order valence-electron chi connectivity index (χ2n) is 11.0. The van der Waals surface area contributed by atoms with Gasteiger partial charge in [-0.25, -0.2) is 9.28 Å². The summed E-state index contributed by atoms with van der Waals surface area (Å²) in [5.74, 6) is 0.123. The maximum absolute atomic E-state index is 13.3. The fourth-order valence-corrected chi connectivity index (χ4v) is 6.14. The van der Waals surface area contributed by atoms with Gasteiger partial charge in [0.05, 0.1) is 19.7 Å². The number of carbonyl (C=O) groups is 2. The van der Waals surface area contributed by atoms with Gasteiger partial charge in [0.1, 0.15) is 5.69 Å². The van der Waals surface area contributed by atoms with E-state index in [1.807, 2.05) is 62.6 Å². The number of hydrogen-bond acceptors (Lipinski definition) is 2. The lowest BCUT2D eigenvalue weighted by molar-refractivity contribution is 0.0708. The van der Waals surface area contributed by atoms with Crippen LogP contribution in [-0.2, 0) is 0 Å². The number of hydrogen-bond donors (Lipinski definition) is 0. The third-order valence-corrected chi connectivity index (χ3v) is 7.56. The van der Waals surface area contributed by atoms with Gasteiger partial charge in [0.15, 0.2) is 0 Å². The molecule has 31 heavy (non-hydrogen) atoms. The molecule has 5 heteroatoms. The molecule has 4 nitrogen and oxygen atoms in total. The molecule has 0 aromatic heterocycles. The molecule has 1 saturated heterocycles. The Labute approximate surface area is 194 Å². The summed E-state index contributed by atoms with van der Waals surface area (Å²) in [6, 6.07) is 15.3. The lowest BCUT2D eigenvalue weighted by atomic mass is 9.65. The van der Waals surface area contributed by atoms with Crippen LogP contribution >= 0.6 is 15.9 Å². The summed E-state index contributed by atoms with van der Waals surface area (Å²) in [6.07, 6.45) is 3.34. The quantitative estimate of drug-likeness (QED) is 0.509. The van der Waals surface area contributed by atoms with E-state index in [2.05, 4.69) is 41.6 Å². The summed E-state index contributed by atoms with van der Waals surface area (Å²) in [5.41, 5.74) is 2.73. The maximum atomic E-state index is 13.3.